The van der Waals surface area contributed by atoms with Gasteiger partial charge in [0.1, 0.15) is 5.82 Å². The normalized spacial score (nSPS) is 12.6. The molecule has 0 spiro atoms. The van der Waals surface area contributed by atoms with Crippen LogP contribution in [-0.4, -0.2) is 9.78 Å². The van der Waals surface area contributed by atoms with E-state index in [2.05, 4.69) is 33.4 Å². The van der Waals surface area contributed by atoms with Crippen LogP contribution in [0.15, 0.2) is 35.1 Å². The highest BCUT2D eigenvalue weighted by molar-refractivity contribution is 9.10. The summed E-state index contributed by atoms with van der Waals surface area (Å²) in [7, 11) is 0. The molecule has 6 heteroatoms. The number of hydrogen-bond donors (Lipinski definition) is 2. The molecule has 2 rings (SSSR count). The van der Waals surface area contributed by atoms with E-state index in [1.54, 1.807) is 18.3 Å². The van der Waals surface area contributed by atoms with E-state index in [1.807, 2.05) is 10.9 Å². The molecular formula is C13H16BrFN4. The molecule has 0 radical (unpaired) electrons. The molecule has 0 saturated heterocycles. The fourth-order valence-electron chi connectivity index (χ4n) is 1.96. The van der Waals surface area contributed by atoms with E-state index in [-0.39, 0.29) is 11.9 Å². The molecule has 0 saturated carbocycles. The SMILES string of the molecule is CCCn1cc(C(NN)c2ccc(F)c(Br)c2)cn1. The third-order valence-electron chi connectivity index (χ3n) is 2.88. The van der Waals surface area contributed by atoms with Crippen molar-refractivity contribution in [1.29, 1.82) is 0 Å². The van der Waals surface area contributed by atoms with Gasteiger partial charge < -0.3 is 0 Å². The number of benzene rings is 1. The molecule has 19 heavy (non-hydrogen) atoms. The monoisotopic (exact) mass is 326 g/mol. The molecule has 0 aliphatic rings. The van der Waals surface area contributed by atoms with Gasteiger partial charge in [0, 0.05) is 18.3 Å². The first kappa shape index (κ1) is 14.2. The minimum Gasteiger partial charge on any atom is -0.272 e. The molecule has 0 amide bonds. The van der Waals surface area contributed by atoms with Crippen molar-refractivity contribution in [1.82, 2.24) is 15.2 Å². The number of hydrogen-bond acceptors (Lipinski definition) is 3. The van der Waals surface area contributed by atoms with Crippen LogP contribution in [0, 0.1) is 5.82 Å². The number of nitrogens with two attached hydrogens (primary N) is 1. The lowest BCUT2D eigenvalue weighted by molar-refractivity contribution is 0.596. The van der Waals surface area contributed by atoms with Gasteiger partial charge in [-0.3, -0.25) is 10.5 Å². The van der Waals surface area contributed by atoms with E-state index in [1.165, 1.54) is 6.07 Å². The van der Waals surface area contributed by atoms with Gasteiger partial charge in [0.25, 0.3) is 0 Å². The Morgan fingerprint density at radius 2 is 2.26 bits per heavy atom. The third kappa shape index (κ3) is 3.20. The van der Waals surface area contributed by atoms with E-state index < -0.39 is 0 Å². The Morgan fingerprint density at radius 3 is 2.89 bits per heavy atom. The molecule has 1 aromatic heterocycles. The summed E-state index contributed by atoms with van der Waals surface area (Å²) in [5.41, 5.74) is 4.57. The van der Waals surface area contributed by atoms with Gasteiger partial charge in [-0.1, -0.05) is 13.0 Å². The minimum absolute atomic E-state index is 0.206. The van der Waals surface area contributed by atoms with Crippen molar-refractivity contribution in [3.05, 3.63) is 52.0 Å². The number of hydrazine groups is 1. The molecule has 2 aromatic rings. The highest BCUT2D eigenvalue weighted by Gasteiger charge is 2.15. The molecule has 0 aliphatic heterocycles. The summed E-state index contributed by atoms with van der Waals surface area (Å²) in [6, 6.07) is 4.64. The number of aryl methyl sites for hydroxylation is 1. The Balaban J connectivity index is 2.29. The lowest BCUT2D eigenvalue weighted by atomic mass is 10.0. The van der Waals surface area contributed by atoms with Gasteiger partial charge in [0.2, 0.25) is 0 Å². The largest absolute Gasteiger partial charge is 0.272 e. The average molecular weight is 327 g/mol. The molecule has 1 atom stereocenters. The lowest BCUT2D eigenvalue weighted by Gasteiger charge is -2.15. The summed E-state index contributed by atoms with van der Waals surface area (Å²) in [6.07, 6.45) is 4.74. The van der Waals surface area contributed by atoms with Crippen molar-refractivity contribution in [2.75, 3.05) is 0 Å². The van der Waals surface area contributed by atoms with Crippen LogP contribution < -0.4 is 11.3 Å². The molecule has 0 fully saturated rings. The second-order valence-electron chi connectivity index (χ2n) is 4.31. The van der Waals surface area contributed by atoms with Gasteiger partial charge in [0.15, 0.2) is 0 Å². The first-order chi connectivity index (χ1) is 9.15. The van der Waals surface area contributed by atoms with Crippen LogP contribution in [0.5, 0.6) is 0 Å². The summed E-state index contributed by atoms with van der Waals surface area (Å²) in [4.78, 5) is 0. The zero-order valence-electron chi connectivity index (χ0n) is 10.6. The van der Waals surface area contributed by atoms with E-state index in [4.69, 9.17) is 5.84 Å². The maximum atomic E-state index is 13.3. The molecule has 1 aromatic carbocycles. The molecule has 102 valence electrons. The summed E-state index contributed by atoms with van der Waals surface area (Å²) < 4.78 is 15.6. The fourth-order valence-corrected chi connectivity index (χ4v) is 2.35. The van der Waals surface area contributed by atoms with Crippen LogP contribution in [-0.2, 0) is 6.54 Å². The summed E-state index contributed by atoms with van der Waals surface area (Å²) in [5.74, 6) is 5.32. The number of nitrogens with one attached hydrogen (secondary N) is 1. The Morgan fingerprint density at radius 1 is 1.47 bits per heavy atom. The molecule has 4 nitrogen and oxygen atoms in total. The quantitative estimate of drug-likeness (QED) is 0.656. The van der Waals surface area contributed by atoms with Gasteiger partial charge in [-0.2, -0.15) is 5.10 Å². The van der Waals surface area contributed by atoms with Crippen molar-refractivity contribution in [2.24, 2.45) is 5.84 Å². The Hall–Kier alpha value is -1.24. The molecule has 3 N–H and O–H groups in total. The van der Waals surface area contributed by atoms with Crippen molar-refractivity contribution < 1.29 is 4.39 Å². The van der Waals surface area contributed by atoms with Gasteiger partial charge in [0.05, 0.1) is 16.7 Å². The van der Waals surface area contributed by atoms with Crippen LogP contribution in [0.2, 0.25) is 0 Å². The third-order valence-corrected chi connectivity index (χ3v) is 3.49. The Kier molecular flexibility index (Phi) is 4.68. The summed E-state index contributed by atoms with van der Waals surface area (Å²) in [6.45, 7) is 2.96. The predicted molar refractivity (Wildman–Crippen MR) is 75.8 cm³/mol. The van der Waals surface area contributed by atoms with Crippen LogP contribution in [0.1, 0.15) is 30.5 Å². The number of rotatable bonds is 5. The topological polar surface area (TPSA) is 55.9 Å². The standard InChI is InChI=1S/C13H16BrFN4/c1-2-5-19-8-10(7-17-19)13(18-16)9-3-4-12(15)11(14)6-9/h3-4,6-8,13,18H,2,5,16H2,1H3. The smallest absolute Gasteiger partial charge is 0.137 e. The van der Waals surface area contributed by atoms with Crippen LogP contribution in [0.3, 0.4) is 0 Å². The molecule has 1 heterocycles. The lowest BCUT2D eigenvalue weighted by Crippen LogP contribution is -2.28. The molecule has 1 unspecified atom stereocenters. The molecule has 0 aliphatic carbocycles. The number of halogens is 2. The van der Waals surface area contributed by atoms with Crippen LogP contribution in [0.25, 0.3) is 0 Å². The van der Waals surface area contributed by atoms with E-state index in [0.717, 1.165) is 24.1 Å². The maximum absolute atomic E-state index is 13.3. The van der Waals surface area contributed by atoms with E-state index in [0.29, 0.717) is 4.47 Å². The van der Waals surface area contributed by atoms with Crippen LogP contribution >= 0.6 is 15.9 Å². The predicted octanol–water partition coefficient (Wildman–Crippen LogP) is 2.75. The number of nitrogens with zero attached hydrogens (tertiary/aromatic N) is 2. The van der Waals surface area contributed by atoms with Crippen molar-refractivity contribution in [3.8, 4) is 0 Å². The van der Waals surface area contributed by atoms with Gasteiger partial charge >= 0.3 is 0 Å². The first-order valence-corrected chi connectivity index (χ1v) is 6.88. The minimum atomic E-state index is -0.291. The van der Waals surface area contributed by atoms with Gasteiger partial charge in [-0.25, -0.2) is 9.82 Å². The van der Waals surface area contributed by atoms with E-state index >= 15 is 0 Å². The zero-order valence-corrected chi connectivity index (χ0v) is 12.2. The molecule has 0 bridgehead atoms. The zero-order chi connectivity index (χ0) is 13.8. The van der Waals surface area contributed by atoms with Crippen molar-refractivity contribution in [3.63, 3.8) is 0 Å². The average Bonchev–Trinajstić information content (AvgIpc) is 2.83. The van der Waals surface area contributed by atoms with Crippen LogP contribution in [0.4, 0.5) is 4.39 Å². The Bertz CT molecular complexity index is 555. The first-order valence-electron chi connectivity index (χ1n) is 6.09. The van der Waals surface area contributed by atoms with Crippen molar-refractivity contribution >= 4 is 15.9 Å². The Labute approximate surface area is 119 Å². The van der Waals surface area contributed by atoms with E-state index in [9.17, 15) is 4.39 Å². The summed E-state index contributed by atoms with van der Waals surface area (Å²) in [5, 5.41) is 4.28. The highest BCUT2D eigenvalue weighted by atomic mass is 79.9. The fraction of sp³-hybridized carbons (Fsp3) is 0.308. The van der Waals surface area contributed by atoms with Gasteiger partial charge in [-0.15, -0.1) is 0 Å². The molecular weight excluding hydrogens is 311 g/mol. The van der Waals surface area contributed by atoms with Gasteiger partial charge in [-0.05, 0) is 40.0 Å². The maximum Gasteiger partial charge on any atom is 0.137 e. The second kappa shape index (κ2) is 6.27. The second-order valence-corrected chi connectivity index (χ2v) is 5.16. The summed E-state index contributed by atoms with van der Waals surface area (Å²) >= 11 is 3.18. The number of aromatic nitrogens is 2. The highest BCUT2D eigenvalue weighted by Crippen LogP contribution is 2.25. The van der Waals surface area contributed by atoms with Crippen molar-refractivity contribution in [2.45, 2.75) is 25.9 Å².